The first kappa shape index (κ1) is 29.8. The van der Waals surface area contributed by atoms with Crippen molar-refractivity contribution in [2.45, 2.75) is 142 Å². The van der Waals surface area contributed by atoms with Gasteiger partial charge in [-0.05, 0) is 11.8 Å². The molecule has 1 aromatic rings. The molecule has 2 nitrogen and oxygen atoms in total. The second-order valence-corrected chi connectivity index (χ2v) is 15.1. The van der Waals surface area contributed by atoms with E-state index in [9.17, 15) is 5.11 Å². The molecule has 0 saturated heterocycles. The van der Waals surface area contributed by atoms with E-state index in [4.69, 9.17) is 4.74 Å². The third kappa shape index (κ3) is 9.93. The van der Waals surface area contributed by atoms with E-state index < -0.39 is 0 Å². The van der Waals surface area contributed by atoms with Crippen LogP contribution < -0.4 is 8.35 Å². The molecule has 3 atom stereocenters. The Balaban J connectivity index is 1.78. The van der Waals surface area contributed by atoms with E-state index in [-0.39, 0.29) is 26.5 Å². The van der Waals surface area contributed by atoms with Crippen LogP contribution in [0.1, 0.15) is 130 Å². The zero-order chi connectivity index (χ0) is 25.1. The van der Waals surface area contributed by atoms with Gasteiger partial charge in [-0.2, -0.15) is 0 Å². The molecule has 196 valence electrons. The summed E-state index contributed by atoms with van der Waals surface area (Å²) in [6.45, 7) is 16.2. The summed E-state index contributed by atoms with van der Waals surface area (Å²) in [5.74, 6) is 4.18. The molecule has 1 heterocycles. The number of aromatic hydroxyl groups is 1. The topological polar surface area (TPSA) is 29.5 Å². The molecule has 1 N–H and O–H groups in total. The van der Waals surface area contributed by atoms with Gasteiger partial charge in [-0.25, -0.2) is 0 Å². The first-order valence-electron chi connectivity index (χ1n) is 14.3. The fraction of sp³-hybridized carbons (Fsp3) is 0.806. The van der Waals surface area contributed by atoms with E-state index in [1.54, 1.807) is 0 Å². The van der Waals surface area contributed by atoms with Gasteiger partial charge in [0.15, 0.2) is 0 Å². The van der Waals surface area contributed by atoms with Crippen LogP contribution >= 0.6 is 0 Å². The third-order valence-electron chi connectivity index (χ3n) is 7.76. The molecule has 0 unspecified atom stereocenters. The zero-order valence-corrected chi connectivity index (χ0v) is 25.8. The van der Waals surface area contributed by atoms with Gasteiger partial charge in [0.2, 0.25) is 0 Å². The van der Waals surface area contributed by atoms with Crippen molar-refractivity contribution >= 4 is 24.5 Å². The van der Waals surface area contributed by atoms with E-state index in [2.05, 4.69) is 48.5 Å². The number of rotatable bonds is 16. The standard InChI is InChI=1S/C31H54O2Te/c1-8-9-21-34-30-27-18-20-31(7,33-29(27)26(6)22-28(30)32)19-12-17-25(5)16-11-15-24(4)14-10-13-23(2)3/h22-25,32H,8-21H2,1-7H3/t24-,25-,31-/m1/s1. The SMILES string of the molecule is CCCC[Te]c1c(O)cc(C)c2c1CC[C@@](C)(CCC[C@H](C)CCC[C@H](C)CCCC(C)C)O2. The van der Waals surface area contributed by atoms with E-state index in [1.807, 2.05) is 6.07 Å². The number of fused-ring (bicyclic) bond motifs is 1. The van der Waals surface area contributed by atoms with Crippen LogP contribution in [0, 0.1) is 24.7 Å². The maximum absolute atomic E-state index is 10.6. The molecule has 0 spiro atoms. The Morgan fingerprint density at radius 1 is 0.971 bits per heavy atom. The number of phenolic OH excluding ortho intramolecular Hbond substituents is 1. The predicted molar refractivity (Wildman–Crippen MR) is 150 cm³/mol. The van der Waals surface area contributed by atoms with Crippen molar-refractivity contribution in [2.75, 3.05) is 0 Å². The van der Waals surface area contributed by atoms with Gasteiger partial charge < -0.3 is 0 Å². The van der Waals surface area contributed by atoms with E-state index in [1.165, 1.54) is 77.9 Å². The summed E-state index contributed by atoms with van der Waals surface area (Å²) < 4.78 is 9.26. The van der Waals surface area contributed by atoms with Gasteiger partial charge in [-0.3, -0.25) is 0 Å². The number of benzene rings is 1. The third-order valence-corrected chi connectivity index (χ3v) is 11.3. The Kier molecular flexibility index (Phi) is 13.2. The average molecular weight is 586 g/mol. The number of ether oxygens (including phenoxy) is 1. The molecule has 1 aromatic carbocycles. The molecule has 0 bridgehead atoms. The van der Waals surface area contributed by atoms with Crippen molar-refractivity contribution in [3.05, 3.63) is 17.2 Å². The molecule has 3 heteroatoms. The second-order valence-electron chi connectivity index (χ2n) is 12.0. The molecule has 1 aliphatic rings. The number of hydrogen-bond acceptors (Lipinski definition) is 2. The monoisotopic (exact) mass is 588 g/mol. The van der Waals surface area contributed by atoms with Crippen LogP contribution in [0.4, 0.5) is 0 Å². The number of unbranched alkanes of at least 4 members (excludes halogenated alkanes) is 1. The Morgan fingerprint density at radius 2 is 1.59 bits per heavy atom. The summed E-state index contributed by atoms with van der Waals surface area (Å²) in [6.07, 6.45) is 16.7. The Morgan fingerprint density at radius 3 is 2.21 bits per heavy atom. The number of hydrogen-bond donors (Lipinski definition) is 1. The van der Waals surface area contributed by atoms with Crippen molar-refractivity contribution < 1.29 is 9.84 Å². The van der Waals surface area contributed by atoms with Gasteiger partial charge in [0.25, 0.3) is 0 Å². The van der Waals surface area contributed by atoms with E-state index in [0.29, 0.717) is 5.75 Å². The van der Waals surface area contributed by atoms with Crippen LogP contribution in [0.25, 0.3) is 0 Å². The normalized spacial score (nSPS) is 19.6. The average Bonchev–Trinajstić information content (AvgIpc) is 2.76. The van der Waals surface area contributed by atoms with Crippen LogP contribution in [-0.4, -0.2) is 31.6 Å². The van der Waals surface area contributed by atoms with Crippen molar-refractivity contribution in [1.29, 1.82) is 0 Å². The van der Waals surface area contributed by atoms with Gasteiger partial charge in [0.05, 0.1) is 0 Å². The number of phenols is 1. The molecular formula is C31H54O2Te. The van der Waals surface area contributed by atoms with Crippen molar-refractivity contribution in [3.8, 4) is 11.5 Å². The van der Waals surface area contributed by atoms with Crippen LogP contribution in [0.5, 0.6) is 11.5 Å². The summed E-state index contributed by atoms with van der Waals surface area (Å²) in [7, 11) is 0. The summed E-state index contributed by atoms with van der Waals surface area (Å²) in [5.41, 5.74) is 2.39. The molecule has 2 rings (SSSR count). The Hall–Kier alpha value is -0.390. The van der Waals surface area contributed by atoms with Crippen LogP contribution in [0.15, 0.2) is 6.07 Å². The molecule has 0 aliphatic carbocycles. The molecule has 0 radical (unpaired) electrons. The molecule has 0 amide bonds. The number of aryl methyl sites for hydroxylation is 1. The fourth-order valence-electron chi connectivity index (χ4n) is 5.35. The zero-order valence-electron chi connectivity index (χ0n) is 23.5. The molecule has 0 aromatic heterocycles. The molecule has 1 aliphatic heterocycles. The summed E-state index contributed by atoms with van der Waals surface area (Å²) in [4.78, 5) is 0. The Labute approximate surface area is 222 Å². The minimum atomic E-state index is -0.331. The summed E-state index contributed by atoms with van der Waals surface area (Å²) in [6, 6.07) is 1.96. The van der Waals surface area contributed by atoms with E-state index in [0.717, 1.165) is 48.3 Å². The minimum absolute atomic E-state index is 0.0549. The summed E-state index contributed by atoms with van der Waals surface area (Å²) >= 11 is -0.331. The Bertz CT molecular complexity index is 729. The quantitative estimate of drug-likeness (QED) is 0.155. The van der Waals surface area contributed by atoms with Gasteiger partial charge in [0.1, 0.15) is 0 Å². The van der Waals surface area contributed by atoms with Crippen molar-refractivity contribution in [1.82, 2.24) is 0 Å². The van der Waals surface area contributed by atoms with E-state index >= 15 is 0 Å². The first-order valence-corrected chi connectivity index (χ1v) is 17.1. The van der Waals surface area contributed by atoms with Crippen LogP contribution in [-0.2, 0) is 6.42 Å². The predicted octanol–water partition coefficient (Wildman–Crippen LogP) is 8.77. The van der Waals surface area contributed by atoms with Gasteiger partial charge >= 0.3 is 171 Å². The van der Waals surface area contributed by atoms with Gasteiger partial charge in [-0.15, -0.1) is 0 Å². The first-order chi connectivity index (χ1) is 16.1. The second kappa shape index (κ2) is 15.0. The maximum atomic E-state index is 10.6. The van der Waals surface area contributed by atoms with Gasteiger partial charge in [-0.1, -0.05) is 40.0 Å². The molecule has 0 saturated carbocycles. The molecule has 34 heavy (non-hydrogen) atoms. The summed E-state index contributed by atoms with van der Waals surface area (Å²) in [5, 5.41) is 10.6. The molecule has 0 fully saturated rings. The van der Waals surface area contributed by atoms with Gasteiger partial charge in [0, 0.05) is 0 Å². The van der Waals surface area contributed by atoms with Crippen LogP contribution in [0.2, 0.25) is 4.47 Å². The van der Waals surface area contributed by atoms with Crippen molar-refractivity contribution in [2.24, 2.45) is 17.8 Å². The molecular weight excluding hydrogens is 532 g/mol. The fourth-order valence-corrected chi connectivity index (χ4v) is 8.81. The van der Waals surface area contributed by atoms with Crippen LogP contribution in [0.3, 0.4) is 0 Å². The van der Waals surface area contributed by atoms with Crippen molar-refractivity contribution in [3.63, 3.8) is 0 Å².